The minimum atomic E-state index is -0.876. The summed E-state index contributed by atoms with van der Waals surface area (Å²) in [5.74, 6) is -1.67. The molecule has 5 heteroatoms. The molecule has 31 heavy (non-hydrogen) atoms. The second kappa shape index (κ2) is 9.13. The SMILES string of the molecule is CCN(CC)c1ccc([C@@H]2[C@H](C(=O)O)c3ccccc3C(=O)N2C2CCCCC2)cc1. The average molecular weight is 421 g/mol. The van der Waals surface area contributed by atoms with Crippen LogP contribution in [0.15, 0.2) is 48.5 Å². The van der Waals surface area contributed by atoms with Gasteiger partial charge in [0, 0.05) is 30.4 Å². The van der Waals surface area contributed by atoms with E-state index >= 15 is 0 Å². The lowest BCUT2D eigenvalue weighted by atomic mass is 9.77. The van der Waals surface area contributed by atoms with E-state index in [1.165, 1.54) is 6.42 Å². The molecule has 2 aromatic rings. The summed E-state index contributed by atoms with van der Waals surface area (Å²) < 4.78 is 0. The van der Waals surface area contributed by atoms with Crippen molar-refractivity contribution in [1.82, 2.24) is 4.90 Å². The van der Waals surface area contributed by atoms with Gasteiger partial charge in [0.25, 0.3) is 5.91 Å². The van der Waals surface area contributed by atoms with Crippen LogP contribution in [0, 0.1) is 0 Å². The van der Waals surface area contributed by atoms with Crippen LogP contribution in [0.3, 0.4) is 0 Å². The molecule has 0 unspecified atom stereocenters. The number of anilines is 1. The van der Waals surface area contributed by atoms with Crippen LogP contribution in [0.2, 0.25) is 0 Å². The smallest absolute Gasteiger partial charge is 0.313 e. The van der Waals surface area contributed by atoms with Crippen molar-refractivity contribution in [3.05, 3.63) is 65.2 Å². The van der Waals surface area contributed by atoms with Gasteiger partial charge in [-0.25, -0.2) is 0 Å². The molecule has 1 amide bonds. The maximum Gasteiger partial charge on any atom is 0.313 e. The van der Waals surface area contributed by atoms with Gasteiger partial charge < -0.3 is 14.9 Å². The van der Waals surface area contributed by atoms with Crippen molar-refractivity contribution in [2.45, 2.75) is 64.0 Å². The first kappa shape index (κ1) is 21.4. The number of carboxylic acids is 1. The Morgan fingerprint density at radius 3 is 2.26 bits per heavy atom. The highest BCUT2D eigenvalue weighted by molar-refractivity contribution is 6.00. The molecule has 0 radical (unpaired) electrons. The highest BCUT2D eigenvalue weighted by atomic mass is 16.4. The first-order valence-corrected chi connectivity index (χ1v) is 11.6. The number of amides is 1. The van der Waals surface area contributed by atoms with Crippen LogP contribution in [-0.4, -0.2) is 41.0 Å². The van der Waals surface area contributed by atoms with E-state index in [-0.39, 0.29) is 11.9 Å². The number of carboxylic acid groups (broad SMARTS) is 1. The Balaban J connectivity index is 1.82. The molecule has 0 saturated heterocycles. The second-order valence-electron chi connectivity index (χ2n) is 8.62. The molecule has 1 fully saturated rings. The average Bonchev–Trinajstić information content (AvgIpc) is 2.80. The number of nitrogens with zero attached hydrogens (tertiary/aromatic N) is 2. The lowest BCUT2D eigenvalue weighted by molar-refractivity contribution is -0.141. The first-order chi connectivity index (χ1) is 15.1. The molecule has 2 aromatic carbocycles. The number of benzene rings is 2. The number of fused-ring (bicyclic) bond motifs is 1. The number of carbonyl (C=O) groups excluding carboxylic acids is 1. The lowest BCUT2D eigenvalue weighted by Crippen LogP contribution is -2.50. The molecule has 1 heterocycles. The fourth-order valence-corrected chi connectivity index (χ4v) is 5.40. The van der Waals surface area contributed by atoms with Gasteiger partial charge in [-0.1, -0.05) is 49.6 Å². The van der Waals surface area contributed by atoms with Gasteiger partial charge in [0.05, 0.1) is 6.04 Å². The lowest BCUT2D eigenvalue weighted by Gasteiger charge is -2.46. The normalized spacial score (nSPS) is 21.6. The third-order valence-electron chi connectivity index (χ3n) is 6.97. The predicted octanol–water partition coefficient (Wildman–Crippen LogP) is 5.23. The van der Waals surface area contributed by atoms with E-state index in [0.717, 1.165) is 50.0 Å². The van der Waals surface area contributed by atoms with Crippen LogP contribution in [0.25, 0.3) is 0 Å². The molecular formula is C26H32N2O3. The summed E-state index contributed by atoms with van der Waals surface area (Å²) in [6.45, 7) is 6.08. The Hall–Kier alpha value is -2.82. The summed E-state index contributed by atoms with van der Waals surface area (Å²) in [4.78, 5) is 30.4. The van der Waals surface area contributed by atoms with Gasteiger partial charge in [0.1, 0.15) is 5.92 Å². The van der Waals surface area contributed by atoms with E-state index in [4.69, 9.17) is 0 Å². The largest absolute Gasteiger partial charge is 0.481 e. The standard InChI is InChI=1S/C26H32N2O3/c1-3-27(4-2)19-16-14-18(15-17-19)24-23(26(30)31)21-12-8-9-13-22(21)25(29)28(24)20-10-6-5-7-11-20/h8-9,12-17,20,23-24H,3-7,10-11H2,1-2H3,(H,30,31)/t23-,24-/m1/s1. The van der Waals surface area contributed by atoms with Crippen LogP contribution >= 0.6 is 0 Å². The van der Waals surface area contributed by atoms with Crippen LogP contribution in [0.1, 0.15) is 79.4 Å². The van der Waals surface area contributed by atoms with Gasteiger partial charge in [-0.05, 0) is 56.0 Å². The summed E-state index contributed by atoms with van der Waals surface area (Å²) >= 11 is 0. The predicted molar refractivity (Wildman–Crippen MR) is 123 cm³/mol. The molecule has 2 aliphatic rings. The number of aliphatic carboxylic acids is 1. The van der Waals surface area contributed by atoms with Gasteiger partial charge in [0.15, 0.2) is 0 Å². The summed E-state index contributed by atoms with van der Waals surface area (Å²) in [7, 11) is 0. The molecule has 0 spiro atoms. The van der Waals surface area contributed by atoms with E-state index in [1.54, 1.807) is 6.07 Å². The zero-order valence-corrected chi connectivity index (χ0v) is 18.5. The fourth-order valence-electron chi connectivity index (χ4n) is 5.40. The number of carbonyl (C=O) groups is 2. The van der Waals surface area contributed by atoms with Crippen molar-refractivity contribution in [2.24, 2.45) is 0 Å². The van der Waals surface area contributed by atoms with Crippen LogP contribution < -0.4 is 4.90 Å². The highest BCUT2D eigenvalue weighted by Crippen LogP contribution is 2.46. The van der Waals surface area contributed by atoms with Crippen molar-refractivity contribution in [1.29, 1.82) is 0 Å². The van der Waals surface area contributed by atoms with E-state index in [2.05, 4.69) is 30.9 Å². The summed E-state index contributed by atoms with van der Waals surface area (Å²) in [6, 6.07) is 15.0. The van der Waals surface area contributed by atoms with E-state index < -0.39 is 17.9 Å². The maximum atomic E-state index is 13.7. The van der Waals surface area contributed by atoms with Gasteiger partial charge in [-0.2, -0.15) is 0 Å². The minimum absolute atomic E-state index is 0.0298. The quantitative estimate of drug-likeness (QED) is 0.695. The van der Waals surface area contributed by atoms with Crippen molar-refractivity contribution in [3.8, 4) is 0 Å². The Kier molecular flexibility index (Phi) is 6.30. The fraction of sp³-hybridized carbons (Fsp3) is 0.462. The van der Waals surface area contributed by atoms with Gasteiger partial charge in [-0.15, -0.1) is 0 Å². The Morgan fingerprint density at radius 1 is 1.00 bits per heavy atom. The Bertz CT molecular complexity index is 930. The zero-order chi connectivity index (χ0) is 22.0. The molecule has 1 aliphatic carbocycles. The molecule has 4 rings (SSSR count). The summed E-state index contributed by atoms with van der Waals surface area (Å²) in [6.07, 6.45) is 5.23. The monoisotopic (exact) mass is 420 g/mol. The Labute approximate surface area is 184 Å². The first-order valence-electron chi connectivity index (χ1n) is 11.6. The van der Waals surface area contributed by atoms with Crippen LogP contribution in [0.5, 0.6) is 0 Å². The van der Waals surface area contributed by atoms with Crippen molar-refractivity contribution >= 4 is 17.6 Å². The number of rotatable bonds is 6. The topological polar surface area (TPSA) is 60.9 Å². The van der Waals surface area contributed by atoms with E-state index in [0.29, 0.717) is 11.1 Å². The van der Waals surface area contributed by atoms with E-state index in [9.17, 15) is 14.7 Å². The summed E-state index contributed by atoms with van der Waals surface area (Å²) in [5, 5.41) is 10.3. The van der Waals surface area contributed by atoms with Crippen LogP contribution in [-0.2, 0) is 4.79 Å². The molecule has 1 N–H and O–H groups in total. The van der Waals surface area contributed by atoms with E-state index in [1.807, 2.05) is 35.2 Å². The number of hydrogen-bond donors (Lipinski definition) is 1. The van der Waals surface area contributed by atoms with Crippen LogP contribution in [0.4, 0.5) is 5.69 Å². The minimum Gasteiger partial charge on any atom is -0.481 e. The Morgan fingerprint density at radius 2 is 1.65 bits per heavy atom. The zero-order valence-electron chi connectivity index (χ0n) is 18.5. The maximum absolute atomic E-state index is 13.7. The molecule has 1 saturated carbocycles. The molecule has 2 atom stereocenters. The molecule has 1 aliphatic heterocycles. The van der Waals surface area contributed by atoms with Crippen molar-refractivity contribution in [3.63, 3.8) is 0 Å². The third-order valence-corrected chi connectivity index (χ3v) is 6.97. The molecule has 0 bridgehead atoms. The second-order valence-corrected chi connectivity index (χ2v) is 8.62. The molecule has 164 valence electrons. The molecule has 0 aromatic heterocycles. The van der Waals surface area contributed by atoms with Gasteiger partial charge >= 0.3 is 5.97 Å². The molecule has 5 nitrogen and oxygen atoms in total. The van der Waals surface area contributed by atoms with Crippen molar-refractivity contribution < 1.29 is 14.7 Å². The highest BCUT2D eigenvalue weighted by Gasteiger charge is 2.46. The van der Waals surface area contributed by atoms with Gasteiger partial charge in [-0.3, -0.25) is 9.59 Å². The third kappa shape index (κ3) is 3.93. The van der Waals surface area contributed by atoms with Crippen molar-refractivity contribution in [2.75, 3.05) is 18.0 Å². The number of hydrogen-bond acceptors (Lipinski definition) is 3. The molecular weight excluding hydrogens is 388 g/mol. The van der Waals surface area contributed by atoms with Gasteiger partial charge in [0.2, 0.25) is 0 Å². The summed E-state index contributed by atoms with van der Waals surface area (Å²) in [5.41, 5.74) is 3.19.